The van der Waals surface area contributed by atoms with Crippen LogP contribution in [0, 0.1) is 0 Å². The normalized spacial score (nSPS) is 10.8. The first kappa shape index (κ1) is 28.1. The Morgan fingerprint density at radius 1 is 0.419 bits per heavy atom. The SMILES string of the molecule is CC.S.c1ccc(-n2c(-c3cccc(-c4ccc(-n5c6ccccc6c6ccccc65)cc4)c3)nc3ccccc32)cc1. The summed E-state index contributed by atoms with van der Waals surface area (Å²) in [6.07, 6.45) is 0. The number of imidazole rings is 1. The van der Waals surface area contributed by atoms with E-state index in [2.05, 4.69) is 149 Å². The molecule has 0 aliphatic carbocycles. The van der Waals surface area contributed by atoms with Crippen molar-refractivity contribution in [1.82, 2.24) is 14.1 Å². The van der Waals surface area contributed by atoms with E-state index in [0.717, 1.165) is 39.4 Å². The van der Waals surface area contributed by atoms with Crippen LogP contribution in [0.4, 0.5) is 0 Å². The molecular weight excluding hydrogens is 543 g/mol. The van der Waals surface area contributed by atoms with Gasteiger partial charge < -0.3 is 4.57 Å². The molecule has 6 aromatic carbocycles. The Kier molecular flexibility index (Phi) is 7.86. The third-order valence-corrected chi connectivity index (χ3v) is 7.73. The van der Waals surface area contributed by atoms with E-state index in [-0.39, 0.29) is 13.5 Å². The summed E-state index contributed by atoms with van der Waals surface area (Å²) >= 11 is 0. The zero-order valence-electron chi connectivity index (χ0n) is 24.3. The summed E-state index contributed by atoms with van der Waals surface area (Å²) in [5, 5.41) is 2.55. The highest BCUT2D eigenvalue weighted by atomic mass is 32.1. The van der Waals surface area contributed by atoms with E-state index in [1.807, 2.05) is 26.0 Å². The molecule has 0 radical (unpaired) electrons. The van der Waals surface area contributed by atoms with Gasteiger partial charge in [0.25, 0.3) is 0 Å². The van der Waals surface area contributed by atoms with Gasteiger partial charge in [-0.15, -0.1) is 0 Å². The van der Waals surface area contributed by atoms with Crippen LogP contribution in [0.25, 0.3) is 66.7 Å². The fourth-order valence-corrected chi connectivity index (χ4v) is 5.90. The molecule has 0 amide bonds. The lowest BCUT2D eigenvalue weighted by Crippen LogP contribution is -1.97. The van der Waals surface area contributed by atoms with Gasteiger partial charge in [0.1, 0.15) is 5.82 Å². The van der Waals surface area contributed by atoms with Gasteiger partial charge in [-0.05, 0) is 65.7 Å². The topological polar surface area (TPSA) is 22.8 Å². The summed E-state index contributed by atoms with van der Waals surface area (Å²) in [6.45, 7) is 4.00. The van der Waals surface area contributed by atoms with Crippen molar-refractivity contribution in [3.63, 3.8) is 0 Å². The molecule has 0 bridgehead atoms. The van der Waals surface area contributed by atoms with Crippen LogP contribution < -0.4 is 0 Å². The van der Waals surface area contributed by atoms with E-state index < -0.39 is 0 Å². The van der Waals surface area contributed by atoms with Crippen LogP contribution in [0.1, 0.15) is 13.8 Å². The van der Waals surface area contributed by atoms with Gasteiger partial charge >= 0.3 is 0 Å². The van der Waals surface area contributed by atoms with E-state index in [9.17, 15) is 0 Å². The molecule has 0 aliphatic heterocycles. The smallest absolute Gasteiger partial charge is 0.145 e. The third kappa shape index (κ3) is 4.90. The summed E-state index contributed by atoms with van der Waals surface area (Å²) in [5.74, 6) is 0.941. The van der Waals surface area contributed by atoms with Crippen molar-refractivity contribution in [3.8, 4) is 33.9 Å². The van der Waals surface area contributed by atoms with Gasteiger partial charge in [-0.1, -0.05) is 111 Å². The maximum atomic E-state index is 5.06. The van der Waals surface area contributed by atoms with Crippen molar-refractivity contribution in [1.29, 1.82) is 0 Å². The van der Waals surface area contributed by atoms with Crippen molar-refractivity contribution in [2.75, 3.05) is 0 Å². The molecule has 0 N–H and O–H groups in total. The zero-order chi connectivity index (χ0) is 28.5. The first-order valence-electron chi connectivity index (χ1n) is 14.6. The van der Waals surface area contributed by atoms with Gasteiger partial charge in [-0.2, -0.15) is 13.5 Å². The number of hydrogen-bond donors (Lipinski definition) is 0. The van der Waals surface area contributed by atoms with Gasteiger partial charge in [0.05, 0.1) is 22.1 Å². The molecule has 8 aromatic rings. The lowest BCUT2D eigenvalue weighted by Gasteiger charge is -2.12. The minimum atomic E-state index is 0. The van der Waals surface area contributed by atoms with Crippen LogP contribution in [0.2, 0.25) is 0 Å². The van der Waals surface area contributed by atoms with E-state index in [1.54, 1.807) is 0 Å². The Hall–Kier alpha value is -5.06. The van der Waals surface area contributed by atoms with Crippen molar-refractivity contribution >= 4 is 46.3 Å². The van der Waals surface area contributed by atoms with Crippen molar-refractivity contribution < 1.29 is 0 Å². The molecule has 2 heterocycles. The van der Waals surface area contributed by atoms with Crippen LogP contribution in [0.5, 0.6) is 0 Å². The Bertz CT molecular complexity index is 2100. The molecule has 0 unspecified atom stereocenters. The Labute approximate surface area is 259 Å². The van der Waals surface area contributed by atoms with E-state index in [1.165, 1.54) is 27.4 Å². The maximum Gasteiger partial charge on any atom is 0.145 e. The zero-order valence-corrected chi connectivity index (χ0v) is 25.3. The van der Waals surface area contributed by atoms with Gasteiger partial charge in [0.2, 0.25) is 0 Å². The van der Waals surface area contributed by atoms with Crippen LogP contribution in [0.3, 0.4) is 0 Å². The molecule has 0 saturated carbocycles. The summed E-state index contributed by atoms with van der Waals surface area (Å²) < 4.78 is 4.60. The molecule has 0 saturated heterocycles. The molecule has 0 atom stereocenters. The second kappa shape index (κ2) is 12.0. The predicted octanol–water partition coefficient (Wildman–Crippen LogP) is 10.6. The average molecular weight is 576 g/mol. The van der Waals surface area contributed by atoms with Gasteiger partial charge in [0.15, 0.2) is 0 Å². The number of para-hydroxylation sites is 5. The standard InChI is InChI=1S/C37H25N3.C2H6.H2S/c1-2-13-29(14-3-1)40-36-20-9-6-17-33(36)38-37(40)28-12-10-11-27(25-28)26-21-23-30(24-22-26)39-34-18-7-4-15-31(34)32-16-5-8-19-35(32)39;1-2;/h1-25H;1-2H3;1H2. The second-order valence-corrected chi connectivity index (χ2v) is 10.1. The summed E-state index contributed by atoms with van der Waals surface area (Å²) in [7, 11) is 0. The number of fused-ring (bicyclic) bond motifs is 4. The quantitative estimate of drug-likeness (QED) is 0.205. The fraction of sp³-hybridized carbons (Fsp3) is 0.0513. The monoisotopic (exact) mass is 575 g/mol. The Morgan fingerprint density at radius 3 is 1.63 bits per heavy atom. The van der Waals surface area contributed by atoms with E-state index in [0.29, 0.717) is 0 Å². The minimum absolute atomic E-state index is 0. The van der Waals surface area contributed by atoms with Crippen molar-refractivity contribution in [3.05, 3.63) is 152 Å². The average Bonchev–Trinajstić information content (AvgIpc) is 3.63. The molecule has 4 heteroatoms. The number of aromatic nitrogens is 3. The highest BCUT2D eigenvalue weighted by Crippen LogP contribution is 2.34. The molecule has 0 spiro atoms. The first-order valence-corrected chi connectivity index (χ1v) is 14.6. The van der Waals surface area contributed by atoms with Crippen LogP contribution >= 0.6 is 13.5 Å². The second-order valence-electron chi connectivity index (χ2n) is 10.1. The third-order valence-electron chi connectivity index (χ3n) is 7.73. The molecule has 3 nitrogen and oxygen atoms in total. The Morgan fingerprint density at radius 2 is 0.953 bits per heavy atom. The summed E-state index contributed by atoms with van der Waals surface area (Å²) in [6, 6.07) is 53.6. The van der Waals surface area contributed by atoms with Crippen molar-refractivity contribution in [2.45, 2.75) is 13.8 Å². The summed E-state index contributed by atoms with van der Waals surface area (Å²) in [5.41, 5.74) is 10.2. The highest BCUT2D eigenvalue weighted by Gasteiger charge is 2.15. The number of benzene rings is 6. The lowest BCUT2D eigenvalue weighted by molar-refractivity contribution is 1.10. The molecule has 0 aliphatic rings. The molecule has 210 valence electrons. The molecule has 2 aromatic heterocycles. The molecule has 0 fully saturated rings. The Balaban J connectivity index is 0.00000108. The van der Waals surface area contributed by atoms with Gasteiger partial charge in [-0.3, -0.25) is 4.57 Å². The minimum Gasteiger partial charge on any atom is -0.309 e. The number of rotatable bonds is 4. The number of nitrogens with zero attached hydrogens (tertiary/aromatic N) is 3. The number of hydrogen-bond acceptors (Lipinski definition) is 1. The summed E-state index contributed by atoms with van der Waals surface area (Å²) in [4.78, 5) is 5.06. The molecule has 8 rings (SSSR count). The van der Waals surface area contributed by atoms with E-state index >= 15 is 0 Å². The molecule has 43 heavy (non-hydrogen) atoms. The maximum absolute atomic E-state index is 5.06. The van der Waals surface area contributed by atoms with Crippen LogP contribution in [-0.2, 0) is 0 Å². The lowest BCUT2D eigenvalue weighted by atomic mass is 10.0. The van der Waals surface area contributed by atoms with Crippen LogP contribution in [0.15, 0.2) is 152 Å². The first-order chi connectivity index (χ1) is 20.8. The van der Waals surface area contributed by atoms with E-state index in [4.69, 9.17) is 4.98 Å². The van der Waals surface area contributed by atoms with Gasteiger partial charge in [-0.25, -0.2) is 4.98 Å². The molecular formula is C39H33N3S. The van der Waals surface area contributed by atoms with Crippen molar-refractivity contribution in [2.24, 2.45) is 0 Å². The van der Waals surface area contributed by atoms with Crippen LogP contribution in [-0.4, -0.2) is 14.1 Å². The largest absolute Gasteiger partial charge is 0.309 e. The fourth-order valence-electron chi connectivity index (χ4n) is 5.90. The highest BCUT2D eigenvalue weighted by molar-refractivity contribution is 7.59. The van der Waals surface area contributed by atoms with Gasteiger partial charge in [0, 0.05) is 27.7 Å². The predicted molar refractivity (Wildman–Crippen MR) is 188 cm³/mol.